The van der Waals surface area contributed by atoms with Crippen molar-refractivity contribution in [1.29, 1.82) is 0 Å². The van der Waals surface area contributed by atoms with Gasteiger partial charge in [0, 0.05) is 15.9 Å². The first kappa shape index (κ1) is 16.5. The summed E-state index contributed by atoms with van der Waals surface area (Å²) in [4.78, 5) is 0.135. The fourth-order valence-corrected chi connectivity index (χ4v) is 5.06. The summed E-state index contributed by atoms with van der Waals surface area (Å²) < 4.78 is 47.2. The fraction of sp³-hybridized carbons (Fsp3) is 0.455. The van der Waals surface area contributed by atoms with Gasteiger partial charge < -0.3 is 5.73 Å². The van der Waals surface area contributed by atoms with Gasteiger partial charge in [0.2, 0.25) is 0 Å². The van der Waals surface area contributed by atoms with Gasteiger partial charge in [-0.05, 0) is 40.5 Å². The van der Waals surface area contributed by atoms with Crippen LogP contribution in [0, 0.1) is 0 Å². The normalized spacial score (nSPS) is 12.5. The molecule has 0 radical (unpaired) electrons. The Balaban J connectivity index is 2.82. The summed E-state index contributed by atoms with van der Waals surface area (Å²) in [5, 5.41) is 0. The standard InChI is InChI=1S/C11H16BrNO4S2/c1-2-18(14,15)6-3-7-19(16,17)11-5-4-9(13)8-10(11)12/h4-5,8H,2-3,6-7,13H2,1H3. The minimum Gasteiger partial charge on any atom is -0.399 e. The van der Waals surface area contributed by atoms with Crippen LogP contribution in [0.1, 0.15) is 13.3 Å². The minimum absolute atomic E-state index is 0.0264. The molecular formula is C11H16BrNO4S2. The molecule has 108 valence electrons. The number of hydrogen-bond donors (Lipinski definition) is 1. The van der Waals surface area contributed by atoms with Gasteiger partial charge in [0.25, 0.3) is 0 Å². The second-order valence-corrected chi connectivity index (χ2v) is 9.50. The van der Waals surface area contributed by atoms with Crippen LogP contribution in [-0.4, -0.2) is 34.1 Å². The summed E-state index contributed by atoms with van der Waals surface area (Å²) in [7, 11) is -6.64. The lowest BCUT2D eigenvalue weighted by molar-refractivity contribution is 0.590. The van der Waals surface area contributed by atoms with E-state index in [0.717, 1.165) is 0 Å². The highest BCUT2D eigenvalue weighted by molar-refractivity contribution is 9.10. The summed E-state index contributed by atoms with van der Waals surface area (Å²) in [6, 6.07) is 4.43. The van der Waals surface area contributed by atoms with Crippen LogP contribution in [0.15, 0.2) is 27.6 Å². The highest BCUT2D eigenvalue weighted by atomic mass is 79.9. The van der Waals surface area contributed by atoms with E-state index in [4.69, 9.17) is 5.73 Å². The Kier molecular flexibility index (Phi) is 5.40. The van der Waals surface area contributed by atoms with Gasteiger partial charge in [0.15, 0.2) is 9.84 Å². The van der Waals surface area contributed by atoms with E-state index in [0.29, 0.717) is 10.2 Å². The lowest BCUT2D eigenvalue weighted by atomic mass is 10.3. The highest BCUT2D eigenvalue weighted by Gasteiger charge is 2.19. The second kappa shape index (κ2) is 6.23. The largest absolute Gasteiger partial charge is 0.399 e. The van der Waals surface area contributed by atoms with Gasteiger partial charge in [-0.2, -0.15) is 0 Å². The molecule has 2 N–H and O–H groups in total. The molecule has 8 heteroatoms. The number of rotatable bonds is 6. The van der Waals surface area contributed by atoms with Crippen molar-refractivity contribution in [3.05, 3.63) is 22.7 Å². The number of nitrogens with two attached hydrogens (primary N) is 1. The quantitative estimate of drug-likeness (QED) is 0.768. The van der Waals surface area contributed by atoms with E-state index in [1.807, 2.05) is 0 Å². The molecule has 5 nitrogen and oxygen atoms in total. The van der Waals surface area contributed by atoms with Crippen LogP contribution in [-0.2, 0) is 19.7 Å². The molecule has 0 spiro atoms. The molecule has 0 bridgehead atoms. The Morgan fingerprint density at radius 3 is 2.32 bits per heavy atom. The third-order valence-corrected chi connectivity index (χ3v) is 7.16. The van der Waals surface area contributed by atoms with Crippen molar-refractivity contribution < 1.29 is 16.8 Å². The Bertz CT molecular complexity index is 653. The van der Waals surface area contributed by atoms with Gasteiger partial charge in [0.1, 0.15) is 9.84 Å². The molecule has 1 aromatic carbocycles. The maximum absolute atomic E-state index is 12.1. The van der Waals surface area contributed by atoms with Crippen LogP contribution in [0.2, 0.25) is 0 Å². The predicted octanol–water partition coefficient (Wildman–Crippen LogP) is 1.63. The fourth-order valence-electron chi connectivity index (χ4n) is 1.49. The van der Waals surface area contributed by atoms with E-state index in [9.17, 15) is 16.8 Å². The van der Waals surface area contributed by atoms with Crippen LogP contribution < -0.4 is 5.73 Å². The van der Waals surface area contributed by atoms with Gasteiger partial charge in [-0.3, -0.25) is 0 Å². The molecule has 0 aliphatic heterocycles. The number of anilines is 1. The number of halogens is 1. The van der Waals surface area contributed by atoms with Crippen molar-refractivity contribution in [2.75, 3.05) is 23.0 Å². The topological polar surface area (TPSA) is 94.3 Å². The third kappa shape index (κ3) is 4.77. The lowest BCUT2D eigenvalue weighted by Gasteiger charge is -2.07. The summed E-state index contributed by atoms with van der Waals surface area (Å²) in [6.07, 6.45) is 0.0926. The SMILES string of the molecule is CCS(=O)(=O)CCCS(=O)(=O)c1ccc(N)cc1Br. The monoisotopic (exact) mass is 369 g/mol. The summed E-state index contributed by atoms with van der Waals surface area (Å²) >= 11 is 3.15. The first-order valence-electron chi connectivity index (χ1n) is 5.66. The summed E-state index contributed by atoms with van der Waals surface area (Å²) in [6.45, 7) is 1.54. The Labute approximate surface area is 122 Å². The third-order valence-electron chi connectivity index (χ3n) is 2.60. The van der Waals surface area contributed by atoms with Crippen LogP contribution in [0.3, 0.4) is 0 Å². The second-order valence-electron chi connectivity index (χ2n) is 4.10. The maximum Gasteiger partial charge on any atom is 0.179 e. The average Bonchev–Trinajstić information content (AvgIpc) is 2.27. The van der Waals surface area contributed by atoms with Crippen molar-refractivity contribution in [2.45, 2.75) is 18.2 Å². The minimum atomic E-state index is -3.51. The van der Waals surface area contributed by atoms with Crippen LogP contribution in [0.25, 0.3) is 0 Å². The molecule has 1 rings (SSSR count). The van der Waals surface area contributed by atoms with E-state index in [2.05, 4.69) is 15.9 Å². The molecule has 0 fully saturated rings. The van der Waals surface area contributed by atoms with E-state index in [1.165, 1.54) is 18.2 Å². The first-order chi connectivity index (χ1) is 8.68. The van der Waals surface area contributed by atoms with E-state index in [-0.39, 0.29) is 28.6 Å². The van der Waals surface area contributed by atoms with Crippen molar-refractivity contribution in [1.82, 2.24) is 0 Å². The van der Waals surface area contributed by atoms with Crippen molar-refractivity contribution in [2.24, 2.45) is 0 Å². The van der Waals surface area contributed by atoms with Gasteiger partial charge in [-0.15, -0.1) is 0 Å². The Hall–Kier alpha value is -0.600. The molecule has 0 amide bonds. The average molecular weight is 370 g/mol. The molecule has 19 heavy (non-hydrogen) atoms. The summed E-state index contributed by atoms with van der Waals surface area (Å²) in [5.41, 5.74) is 6.00. The van der Waals surface area contributed by atoms with Gasteiger partial charge in [-0.1, -0.05) is 6.92 Å². The van der Waals surface area contributed by atoms with E-state index < -0.39 is 19.7 Å². The number of nitrogen functional groups attached to an aromatic ring is 1. The highest BCUT2D eigenvalue weighted by Crippen LogP contribution is 2.25. The molecule has 0 heterocycles. The molecule has 0 aliphatic carbocycles. The van der Waals surface area contributed by atoms with Crippen molar-refractivity contribution >= 4 is 41.3 Å². The van der Waals surface area contributed by atoms with Crippen LogP contribution in [0.5, 0.6) is 0 Å². The molecule has 0 aromatic heterocycles. The predicted molar refractivity (Wildman–Crippen MR) is 79.6 cm³/mol. The zero-order valence-corrected chi connectivity index (χ0v) is 13.7. The van der Waals surface area contributed by atoms with Crippen LogP contribution >= 0.6 is 15.9 Å². The van der Waals surface area contributed by atoms with Gasteiger partial charge >= 0.3 is 0 Å². The van der Waals surface area contributed by atoms with E-state index >= 15 is 0 Å². The maximum atomic E-state index is 12.1. The number of benzene rings is 1. The summed E-state index contributed by atoms with van der Waals surface area (Å²) in [5.74, 6) is -0.289. The smallest absolute Gasteiger partial charge is 0.179 e. The first-order valence-corrected chi connectivity index (χ1v) is 9.93. The molecular weight excluding hydrogens is 354 g/mol. The van der Waals surface area contributed by atoms with Crippen LogP contribution in [0.4, 0.5) is 5.69 Å². The molecule has 0 aliphatic rings. The molecule has 0 unspecified atom stereocenters. The molecule has 0 saturated heterocycles. The zero-order chi connectivity index (χ0) is 14.7. The van der Waals surface area contributed by atoms with Crippen molar-refractivity contribution in [3.63, 3.8) is 0 Å². The number of hydrogen-bond acceptors (Lipinski definition) is 5. The Morgan fingerprint density at radius 1 is 1.16 bits per heavy atom. The van der Waals surface area contributed by atoms with Gasteiger partial charge in [0.05, 0.1) is 16.4 Å². The van der Waals surface area contributed by atoms with Crippen molar-refractivity contribution in [3.8, 4) is 0 Å². The Morgan fingerprint density at radius 2 is 1.79 bits per heavy atom. The number of sulfone groups is 2. The zero-order valence-electron chi connectivity index (χ0n) is 10.5. The van der Waals surface area contributed by atoms with Gasteiger partial charge in [-0.25, -0.2) is 16.8 Å². The molecule has 1 aromatic rings. The lowest BCUT2D eigenvalue weighted by Crippen LogP contribution is -2.14. The van der Waals surface area contributed by atoms with E-state index in [1.54, 1.807) is 6.92 Å². The molecule has 0 saturated carbocycles. The molecule has 0 atom stereocenters.